The van der Waals surface area contributed by atoms with Crippen molar-refractivity contribution in [2.24, 2.45) is 0 Å². The summed E-state index contributed by atoms with van der Waals surface area (Å²) in [6, 6.07) is 14.7. The molecule has 4 rings (SSSR count). The van der Waals surface area contributed by atoms with Crippen molar-refractivity contribution in [3.05, 3.63) is 59.7 Å². The Bertz CT molecular complexity index is 1030. The number of hydrogen-bond acceptors (Lipinski definition) is 5. The summed E-state index contributed by atoms with van der Waals surface area (Å²) >= 11 is 0. The van der Waals surface area contributed by atoms with Crippen LogP contribution in [-0.2, 0) is 19.1 Å². The number of ether oxygens (including phenoxy) is 2. The topological polar surface area (TPSA) is 105 Å². The summed E-state index contributed by atoms with van der Waals surface area (Å²) in [6.07, 6.45) is 0.0671. The number of nitrogens with one attached hydrogen (secondary N) is 1. The maximum absolute atomic E-state index is 13.1. The van der Waals surface area contributed by atoms with Gasteiger partial charge in [-0.1, -0.05) is 48.5 Å². The van der Waals surface area contributed by atoms with Crippen LogP contribution in [-0.4, -0.2) is 66.4 Å². The largest absolute Gasteiger partial charge is 0.481 e. The maximum atomic E-state index is 13.1. The molecule has 2 aromatic carbocycles. The second-order valence-electron chi connectivity index (χ2n) is 8.88. The van der Waals surface area contributed by atoms with Crippen LogP contribution in [0.3, 0.4) is 0 Å². The van der Waals surface area contributed by atoms with Gasteiger partial charge in [0.05, 0.1) is 12.5 Å². The molecule has 3 unspecified atom stereocenters. The van der Waals surface area contributed by atoms with Crippen LogP contribution in [0, 0.1) is 0 Å². The van der Waals surface area contributed by atoms with Gasteiger partial charge < -0.3 is 24.8 Å². The third-order valence-electron chi connectivity index (χ3n) is 6.76. The molecule has 0 radical (unpaired) electrons. The average Bonchev–Trinajstić information content (AvgIpc) is 3.15. The number of nitrogens with zero attached hydrogens (tertiary/aromatic N) is 1. The molecule has 1 saturated heterocycles. The average molecular weight is 467 g/mol. The normalized spacial score (nSPS) is 20.2. The fourth-order valence-electron chi connectivity index (χ4n) is 5.03. The van der Waals surface area contributed by atoms with E-state index in [-0.39, 0.29) is 24.7 Å². The lowest BCUT2D eigenvalue weighted by molar-refractivity contribution is -0.145. The van der Waals surface area contributed by atoms with Crippen molar-refractivity contribution in [3.8, 4) is 11.1 Å². The van der Waals surface area contributed by atoms with Crippen molar-refractivity contribution in [1.29, 1.82) is 0 Å². The molecule has 3 atom stereocenters. The Morgan fingerprint density at radius 3 is 2.26 bits per heavy atom. The fourth-order valence-corrected chi connectivity index (χ4v) is 5.03. The number of carboxylic acids is 1. The van der Waals surface area contributed by atoms with E-state index in [1.54, 1.807) is 12.0 Å². The summed E-state index contributed by atoms with van der Waals surface area (Å²) in [7, 11) is 1.64. The van der Waals surface area contributed by atoms with Crippen LogP contribution in [0.2, 0.25) is 0 Å². The zero-order valence-electron chi connectivity index (χ0n) is 19.4. The lowest BCUT2D eigenvalue weighted by Gasteiger charge is -2.38. The van der Waals surface area contributed by atoms with E-state index < -0.39 is 30.4 Å². The van der Waals surface area contributed by atoms with Crippen LogP contribution in [0.1, 0.15) is 43.2 Å². The van der Waals surface area contributed by atoms with Gasteiger partial charge in [0.2, 0.25) is 5.91 Å². The lowest BCUT2D eigenvalue weighted by atomic mass is 9.98. The highest BCUT2D eigenvalue weighted by molar-refractivity contribution is 5.89. The number of hydrogen-bond donors (Lipinski definition) is 2. The molecule has 8 heteroatoms. The van der Waals surface area contributed by atoms with Gasteiger partial charge in [-0.2, -0.15) is 0 Å². The molecule has 34 heavy (non-hydrogen) atoms. The molecule has 0 aromatic heterocycles. The lowest BCUT2D eigenvalue weighted by Crippen LogP contribution is -2.55. The van der Waals surface area contributed by atoms with Gasteiger partial charge in [0.25, 0.3) is 0 Å². The monoisotopic (exact) mass is 466 g/mol. The Morgan fingerprint density at radius 2 is 1.71 bits per heavy atom. The van der Waals surface area contributed by atoms with Gasteiger partial charge in [0, 0.05) is 25.6 Å². The third kappa shape index (κ3) is 4.92. The number of alkyl carbamates (subject to hydrolysis) is 1. The number of piperidine rings is 1. The summed E-state index contributed by atoms with van der Waals surface area (Å²) in [6.45, 7) is 2.43. The van der Waals surface area contributed by atoms with Gasteiger partial charge in [-0.15, -0.1) is 0 Å². The Hall–Kier alpha value is -3.39. The first-order valence-electron chi connectivity index (χ1n) is 11.6. The second-order valence-corrected chi connectivity index (χ2v) is 8.88. The number of fused-ring (bicyclic) bond motifs is 3. The molecule has 0 bridgehead atoms. The number of carbonyl (C=O) groups is 3. The molecular formula is C26H30N2O6. The molecule has 2 aliphatic rings. The van der Waals surface area contributed by atoms with E-state index in [0.717, 1.165) is 22.3 Å². The van der Waals surface area contributed by atoms with Crippen LogP contribution in [0.5, 0.6) is 0 Å². The van der Waals surface area contributed by atoms with Crippen LogP contribution in [0.4, 0.5) is 4.79 Å². The fraction of sp³-hybridized carbons (Fsp3) is 0.423. The minimum absolute atomic E-state index is 0.0621. The Balaban J connectivity index is 1.42. The molecule has 8 nitrogen and oxygen atoms in total. The van der Waals surface area contributed by atoms with Crippen LogP contribution in [0.25, 0.3) is 11.1 Å². The molecule has 2 amide bonds. The number of carboxylic acid groups (broad SMARTS) is 1. The molecule has 2 N–H and O–H groups in total. The molecule has 0 saturated carbocycles. The molecule has 180 valence electrons. The number of likely N-dealkylation sites (tertiary alicyclic amines) is 1. The summed E-state index contributed by atoms with van der Waals surface area (Å²) in [5.74, 6) is -1.71. The van der Waals surface area contributed by atoms with Gasteiger partial charge in [-0.05, 0) is 42.0 Å². The van der Waals surface area contributed by atoms with E-state index in [2.05, 4.69) is 5.32 Å². The van der Waals surface area contributed by atoms with Crippen molar-refractivity contribution in [3.63, 3.8) is 0 Å². The zero-order chi connectivity index (χ0) is 24.2. The highest BCUT2D eigenvalue weighted by Crippen LogP contribution is 2.44. The first kappa shape index (κ1) is 23.8. The van der Waals surface area contributed by atoms with Crippen LogP contribution in [0.15, 0.2) is 48.5 Å². The minimum atomic E-state index is -1.20. The molecule has 1 aliphatic heterocycles. The summed E-state index contributed by atoms with van der Waals surface area (Å²) < 4.78 is 10.9. The SMILES string of the molecule is COC1CCN(C(=O)C(CC(=O)O)NC(=O)OCC2c3ccccc3-c3ccccc32)C(C)C1. The molecule has 0 spiro atoms. The van der Waals surface area contributed by atoms with E-state index in [1.165, 1.54) is 0 Å². The van der Waals surface area contributed by atoms with E-state index in [0.29, 0.717) is 19.4 Å². The maximum Gasteiger partial charge on any atom is 0.407 e. The highest BCUT2D eigenvalue weighted by Gasteiger charge is 2.35. The van der Waals surface area contributed by atoms with Crippen molar-refractivity contribution < 1.29 is 29.0 Å². The number of amides is 2. The zero-order valence-corrected chi connectivity index (χ0v) is 19.4. The summed E-state index contributed by atoms with van der Waals surface area (Å²) in [5, 5.41) is 11.8. The highest BCUT2D eigenvalue weighted by atomic mass is 16.5. The molecule has 1 fully saturated rings. The smallest absolute Gasteiger partial charge is 0.407 e. The molecule has 1 aliphatic carbocycles. The van der Waals surface area contributed by atoms with Crippen molar-refractivity contribution >= 4 is 18.0 Å². The summed E-state index contributed by atoms with van der Waals surface area (Å²) in [4.78, 5) is 38.8. The number of benzene rings is 2. The predicted molar refractivity (Wildman–Crippen MR) is 125 cm³/mol. The van der Waals surface area contributed by atoms with Crippen molar-refractivity contribution in [2.75, 3.05) is 20.3 Å². The van der Waals surface area contributed by atoms with Crippen molar-refractivity contribution in [2.45, 2.75) is 50.3 Å². The number of rotatable bonds is 7. The van der Waals surface area contributed by atoms with Crippen LogP contribution >= 0.6 is 0 Å². The second kappa shape index (κ2) is 10.3. The van der Waals surface area contributed by atoms with Gasteiger partial charge in [0.15, 0.2) is 0 Å². The number of aliphatic carboxylic acids is 1. The van der Waals surface area contributed by atoms with Gasteiger partial charge in [-0.3, -0.25) is 9.59 Å². The standard InChI is InChI=1S/C26H30N2O6/c1-16-13-17(33-2)11-12-28(16)25(31)23(14-24(29)30)27-26(32)34-15-22-20-9-5-3-7-18(20)19-8-4-6-10-21(19)22/h3-10,16-17,22-23H,11-15H2,1-2H3,(H,27,32)(H,29,30). The van der Waals surface area contributed by atoms with Gasteiger partial charge >= 0.3 is 12.1 Å². The summed E-state index contributed by atoms with van der Waals surface area (Å²) in [5.41, 5.74) is 4.37. The van der Waals surface area contributed by atoms with Gasteiger partial charge in [0.1, 0.15) is 12.6 Å². The molecular weight excluding hydrogens is 436 g/mol. The van der Waals surface area contributed by atoms with E-state index in [1.807, 2.05) is 55.5 Å². The minimum Gasteiger partial charge on any atom is -0.481 e. The Labute approximate surface area is 198 Å². The third-order valence-corrected chi connectivity index (χ3v) is 6.76. The number of methoxy groups -OCH3 is 1. The van der Waals surface area contributed by atoms with E-state index in [9.17, 15) is 19.5 Å². The first-order chi connectivity index (χ1) is 16.4. The molecule has 1 heterocycles. The predicted octanol–water partition coefficient (Wildman–Crippen LogP) is 3.39. The van der Waals surface area contributed by atoms with E-state index in [4.69, 9.17) is 9.47 Å². The quantitative estimate of drug-likeness (QED) is 0.648. The molecule has 2 aromatic rings. The first-order valence-corrected chi connectivity index (χ1v) is 11.6. The van der Waals surface area contributed by atoms with Crippen LogP contribution < -0.4 is 5.32 Å². The van der Waals surface area contributed by atoms with E-state index >= 15 is 0 Å². The Kier molecular flexibility index (Phi) is 7.17. The number of carbonyl (C=O) groups excluding carboxylic acids is 2. The van der Waals surface area contributed by atoms with Crippen molar-refractivity contribution in [1.82, 2.24) is 10.2 Å². The van der Waals surface area contributed by atoms with Gasteiger partial charge in [-0.25, -0.2) is 4.79 Å². The Morgan fingerprint density at radius 1 is 1.09 bits per heavy atom.